The van der Waals surface area contributed by atoms with Gasteiger partial charge in [-0.25, -0.2) is 4.79 Å². The lowest BCUT2D eigenvalue weighted by atomic mass is 9.80. The van der Waals surface area contributed by atoms with Gasteiger partial charge in [-0.1, -0.05) is 32.1 Å². The van der Waals surface area contributed by atoms with E-state index in [1.54, 1.807) is 7.05 Å². The third-order valence-corrected chi connectivity index (χ3v) is 5.69. The van der Waals surface area contributed by atoms with Crippen molar-refractivity contribution in [2.24, 2.45) is 5.92 Å². The molecule has 2 fully saturated rings. The fourth-order valence-corrected chi connectivity index (χ4v) is 4.07. The zero-order chi connectivity index (χ0) is 17.7. The molecule has 136 valence electrons. The summed E-state index contributed by atoms with van der Waals surface area (Å²) in [5.41, 5.74) is -1.08. The molecule has 2 saturated carbocycles. The van der Waals surface area contributed by atoms with Gasteiger partial charge in [-0.2, -0.15) is 0 Å². The minimum absolute atomic E-state index is 0.0288. The third-order valence-electron chi connectivity index (χ3n) is 5.69. The van der Waals surface area contributed by atoms with E-state index in [1.165, 1.54) is 4.90 Å². The molecule has 0 aromatic heterocycles. The molecule has 0 aromatic carbocycles. The van der Waals surface area contributed by atoms with Crippen LogP contribution in [-0.2, 0) is 14.4 Å². The highest BCUT2D eigenvalue weighted by molar-refractivity contribution is 5.87. The van der Waals surface area contributed by atoms with Crippen molar-refractivity contribution in [3.63, 3.8) is 0 Å². The van der Waals surface area contributed by atoms with Gasteiger partial charge >= 0.3 is 5.97 Å². The predicted molar refractivity (Wildman–Crippen MR) is 90.4 cm³/mol. The maximum Gasteiger partial charge on any atom is 0.329 e. The summed E-state index contributed by atoms with van der Waals surface area (Å²) in [6.45, 7) is 1.81. The molecule has 2 N–H and O–H groups in total. The van der Waals surface area contributed by atoms with Gasteiger partial charge in [0.15, 0.2) is 0 Å². The summed E-state index contributed by atoms with van der Waals surface area (Å²) in [6.07, 6.45) is 7.87. The smallest absolute Gasteiger partial charge is 0.329 e. The summed E-state index contributed by atoms with van der Waals surface area (Å²) in [4.78, 5) is 37.9. The molecule has 1 atom stereocenters. The van der Waals surface area contributed by atoms with Crippen LogP contribution < -0.4 is 5.32 Å². The molecule has 0 bridgehead atoms. The van der Waals surface area contributed by atoms with Crippen molar-refractivity contribution >= 4 is 17.8 Å². The Morgan fingerprint density at radius 1 is 1.12 bits per heavy atom. The highest BCUT2D eigenvalue weighted by atomic mass is 16.4. The number of aliphatic carboxylic acids is 1. The highest BCUT2D eigenvalue weighted by Crippen LogP contribution is 2.33. The van der Waals surface area contributed by atoms with Crippen molar-refractivity contribution in [3.05, 3.63) is 0 Å². The van der Waals surface area contributed by atoms with E-state index in [1.807, 2.05) is 6.92 Å². The van der Waals surface area contributed by atoms with Crippen LogP contribution in [0.15, 0.2) is 0 Å². The van der Waals surface area contributed by atoms with Crippen LogP contribution in [0.1, 0.15) is 71.1 Å². The van der Waals surface area contributed by atoms with Gasteiger partial charge in [-0.3, -0.25) is 9.59 Å². The van der Waals surface area contributed by atoms with E-state index in [2.05, 4.69) is 5.32 Å². The molecule has 2 aliphatic carbocycles. The Morgan fingerprint density at radius 2 is 1.71 bits per heavy atom. The molecule has 0 saturated heterocycles. The van der Waals surface area contributed by atoms with Gasteiger partial charge in [-0.05, 0) is 32.6 Å². The van der Waals surface area contributed by atoms with Crippen molar-refractivity contribution in [1.82, 2.24) is 10.2 Å². The molecule has 6 nitrogen and oxygen atoms in total. The number of likely N-dealkylation sites (N-methyl/N-ethyl adjacent to an activating group) is 1. The van der Waals surface area contributed by atoms with Gasteiger partial charge in [0.25, 0.3) is 0 Å². The number of amides is 2. The van der Waals surface area contributed by atoms with Crippen LogP contribution in [0.5, 0.6) is 0 Å². The van der Waals surface area contributed by atoms with E-state index in [0.717, 1.165) is 44.9 Å². The van der Waals surface area contributed by atoms with E-state index >= 15 is 0 Å². The molecule has 2 rings (SSSR count). The maximum absolute atomic E-state index is 12.6. The van der Waals surface area contributed by atoms with Crippen molar-refractivity contribution in [2.75, 3.05) is 7.05 Å². The van der Waals surface area contributed by atoms with Crippen molar-refractivity contribution < 1.29 is 19.5 Å². The van der Waals surface area contributed by atoms with E-state index < -0.39 is 11.5 Å². The first-order chi connectivity index (χ1) is 11.4. The number of carbonyl (C=O) groups is 3. The number of nitrogens with one attached hydrogen (secondary N) is 1. The first-order valence-electron chi connectivity index (χ1n) is 9.17. The highest BCUT2D eigenvalue weighted by Gasteiger charge is 2.45. The zero-order valence-electron chi connectivity index (χ0n) is 14.8. The first kappa shape index (κ1) is 18.7. The minimum Gasteiger partial charge on any atom is -0.479 e. The van der Waals surface area contributed by atoms with E-state index in [4.69, 9.17) is 0 Å². The van der Waals surface area contributed by atoms with Gasteiger partial charge in [0, 0.05) is 25.4 Å². The second-order valence-corrected chi connectivity index (χ2v) is 7.45. The van der Waals surface area contributed by atoms with Gasteiger partial charge in [-0.15, -0.1) is 0 Å². The predicted octanol–water partition coefficient (Wildman–Crippen LogP) is 2.32. The number of hydrogen-bond donors (Lipinski definition) is 2. The van der Waals surface area contributed by atoms with Crippen LogP contribution in [0.4, 0.5) is 0 Å². The van der Waals surface area contributed by atoms with Gasteiger partial charge in [0.1, 0.15) is 5.54 Å². The van der Waals surface area contributed by atoms with Gasteiger partial charge in [0.05, 0.1) is 0 Å². The Kier molecular flexibility index (Phi) is 6.24. The van der Waals surface area contributed by atoms with Crippen molar-refractivity contribution in [2.45, 2.75) is 82.7 Å². The summed E-state index contributed by atoms with van der Waals surface area (Å²) in [7, 11) is 1.59. The lowest BCUT2D eigenvalue weighted by Crippen LogP contribution is -2.57. The zero-order valence-corrected chi connectivity index (χ0v) is 14.8. The number of carbonyl (C=O) groups excluding carboxylic acids is 2. The van der Waals surface area contributed by atoms with Crippen LogP contribution in [-0.4, -0.2) is 46.4 Å². The second kappa shape index (κ2) is 7.99. The number of carboxylic acid groups (broad SMARTS) is 1. The Bertz CT molecular complexity index is 479. The molecular formula is C18H30N2O4. The Morgan fingerprint density at radius 3 is 2.25 bits per heavy atom. The fourth-order valence-electron chi connectivity index (χ4n) is 4.07. The normalized spacial score (nSPS) is 21.9. The topological polar surface area (TPSA) is 86.7 Å². The largest absolute Gasteiger partial charge is 0.479 e. The summed E-state index contributed by atoms with van der Waals surface area (Å²) in [6, 6.07) is -0.275. The standard InChI is InChI=1S/C18H30N2O4/c1-13(19-16(22)14-8-4-5-9-14)12-15(21)20(2)18(17(23)24)10-6-3-7-11-18/h13-14H,3-12H2,1-2H3,(H,19,22)(H,23,24). The molecule has 0 aromatic rings. The summed E-state index contributed by atoms with van der Waals surface area (Å²) in [5.74, 6) is -1.02. The molecule has 1 unspecified atom stereocenters. The van der Waals surface area contributed by atoms with Crippen molar-refractivity contribution in [3.8, 4) is 0 Å². The number of carboxylic acids is 1. The second-order valence-electron chi connectivity index (χ2n) is 7.45. The van der Waals surface area contributed by atoms with Crippen LogP contribution in [0.25, 0.3) is 0 Å². The fraction of sp³-hybridized carbons (Fsp3) is 0.833. The summed E-state index contributed by atoms with van der Waals surface area (Å²) in [5, 5.41) is 12.6. The van der Waals surface area contributed by atoms with Crippen LogP contribution in [0, 0.1) is 5.92 Å². The molecular weight excluding hydrogens is 308 g/mol. The summed E-state index contributed by atoms with van der Waals surface area (Å²) < 4.78 is 0. The monoisotopic (exact) mass is 338 g/mol. The molecule has 0 aliphatic heterocycles. The van der Waals surface area contributed by atoms with Gasteiger partial charge in [0.2, 0.25) is 11.8 Å². The summed E-state index contributed by atoms with van der Waals surface area (Å²) >= 11 is 0. The van der Waals surface area contributed by atoms with E-state index in [-0.39, 0.29) is 30.2 Å². The van der Waals surface area contributed by atoms with Crippen LogP contribution in [0.3, 0.4) is 0 Å². The number of hydrogen-bond acceptors (Lipinski definition) is 3. The molecule has 6 heteroatoms. The molecule has 2 amide bonds. The van der Waals surface area contributed by atoms with Crippen LogP contribution >= 0.6 is 0 Å². The lowest BCUT2D eigenvalue weighted by Gasteiger charge is -2.41. The number of nitrogens with zero attached hydrogens (tertiary/aromatic N) is 1. The maximum atomic E-state index is 12.6. The molecule has 0 heterocycles. The average Bonchev–Trinajstić information content (AvgIpc) is 3.09. The Labute approximate surface area is 144 Å². The minimum atomic E-state index is -1.08. The SMILES string of the molecule is CC(CC(=O)N(C)C1(C(=O)O)CCCCC1)NC(=O)C1CCCC1. The quantitative estimate of drug-likeness (QED) is 0.778. The van der Waals surface area contributed by atoms with E-state index in [9.17, 15) is 19.5 Å². The number of rotatable bonds is 6. The van der Waals surface area contributed by atoms with Crippen molar-refractivity contribution in [1.29, 1.82) is 0 Å². The average molecular weight is 338 g/mol. The lowest BCUT2D eigenvalue weighted by molar-refractivity contribution is -0.160. The molecule has 0 spiro atoms. The van der Waals surface area contributed by atoms with Crippen LogP contribution in [0.2, 0.25) is 0 Å². The third kappa shape index (κ3) is 4.08. The first-order valence-corrected chi connectivity index (χ1v) is 9.17. The van der Waals surface area contributed by atoms with Gasteiger partial charge < -0.3 is 15.3 Å². The molecule has 24 heavy (non-hydrogen) atoms. The van der Waals surface area contributed by atoms with E-state index in [0.29, 0.717) is 12.8 Å². The Balaban J connectivity index is 1.91. The molecule has 2 aliphatic rings. The molecule has 0 radical (unpaired) electrons. The Hall–Kier alpha value is -1.59.